The van der Waals surface area contributed by atoms with Crippen LogP contribution in [-0.2, 0) is 4.79 Å². The zero-order chi connectivity index (χ0) is 21.7. The van der Waals surface area contributed by atoms with Crippen molar-refractivity contribution < 1.29 is 28.9 Å². The summed E-state index contributed by atoms with van der Waals surface area (Å²) in [7, 11) is 1.59. The van der Waals surface area contributed by atoms with Gasteiger partial charge in [-0.25, -0.2) is 0 Å². The number of amides is 1. The van der Waals surface area contributed by atoms with Crippen molar-refractivity contribution in [3.05, 3.63) is 59.4 Å². The van der Waals surface area contributed by atoms with Crippen LogP contribution in [0.15, 0.2) is 48.2 Å². The number of benzene rings is 2. The van der Waals surface area contributed by atoms with Gasteiger partial charge in [-0.15, -0.1) is 0 Å². The summed E-state index contributed by atoms with van der Waals surface area (Å²) in [5, 5.41) is 12.0. The summed E-state index contributed by atoms with van der Waals surface area (Å²) in [4.78, 5) is 24.6. The predicted octanol–water partition coefficient (Wildman–Crippen LogP) is 2.82. The fraction of sp³-hybridized carbons (Fsp3) is 0.304. The van der Waals surface area contributed by atoms with E-state index in [-0.39, 0.29) is 42.6 Å². The molecule has 0 radical (unpaired) electrons. The number of carbonyl (C=O) groups is 2. The molecule has 7 nitrogen and oxygen atoms in total. The molecule has 158 valence electrons. The number of Topliss-reactive ketones (excluding diaryl/α,β-unsaturated/α-hetero) is 1. The van der Waals surface area contributed by atoms with Gasteiger partial charge in [-0.1, -0.05) is 26.0 Å². The number of ketones is 1. The lowest BCUT2D eigenvalue weighted by Gasteiger charge is -2.19. The van der Waals surface area contributed by atoms with Crippen molar-refractivity contribution in [1.29, 1.82) is 0 Å². The van der Waals surface area contributed by atoms with Crippen LogP contribution in [-0.4, -0.2) is 43.2 Å². The molecule has 0 aromatic heterocycles. The number of nitrogens with one attached hydrogen (secondary N) is 1. The Bertz CT molecular complexity index is 949. The Labute approximate surface area is 175 Å². The fourth-order valence-corrected chi connectivity index (χ4v) is 2.93. The first-order chi connectivity index (χ1) is 14.4. The normalized spacial score (nSPS) is 15.0. The zero-order valence-corrected chi connectivity index (χ0v) is 17.2. The third-order valence-corrected chi connectivity index (χ3v) is 4.77. The molecule has 2 aromatic carbocycles. The predicted molar refractivity (Wildman–Crippen MR) is 112 cm³/mol. The van der Waals surface area contributed by atoms with E-state index in [1.165, 1.54) is 0 Å². The van der Waals surface area contributed by atoms with Gasteiger partial charge in [0.2, 0.25) is 5.78 Å². The minimum Gasteiger partial charge on any atom is -0.497 e. The van der Waals surface area contributed by atoms with Crippen LogP contribution in [0.25, 0.3) is 6.08 Å². The van der Waals surface area contributed by atoms with Crippen LogP contribution >= 0.6 is 0 Å². The van der Waals surface area contributed by atoms with E-state index >= 15 is 0 Å². The summed E-state index contributed by atoms with van der Waals surface area (Å²) < 4.78 is 16.4. The molecule has 1 aliphatic heterocycles. The molecule has 0 aliphatic carbocycles. The van der Waals surface area contributed by atoms with Crippen molar-refractivity contribution in [2.45, 2.75) is 19.9 Å². The largest absolute Gasteiger partial charge is 0.497 e. The van der Waals surface area contributed by atoms with Gasteiger partial charge in [0.05, 0.1) is 25.3 Å². The summed E-state index contributed by atoms with van der Waals surface area (Å²) >= 11 is 0. The van der Waals surface area contributed by atoms with Crippen LogP contribution in [0.3, 0.4) is 0 Å². The van der Waals surface area contributed by atoms with Gasteiger partial charge in [-0.2, -0.15) is 0 Å². The number of fused-ring (bicyclic) bond motifs is 1. The van der Waals surface area contributed by atoms with Crippen LogP contribution in [0, 0.1) is 5.92 Å². The number of methoxy groups -OCH3 is 1. The van der Waals surface area contributed by atoms with Gasteiger partial charge >= 0.3 is 0 Å². The summed E-state index contributed by atoms with van der Waals surface area (Å²) in [6, 6.07) is 11.8. The number of rotatable bonds is 8. The second-order valence-electron chi connectivity index (χ2n) is 7.26. The van der Waals surface area contributed by atoms with E-state index in [0.29, 0.717) is 17.1 Å². The Morgan fingerprint density at radius 1 is 1.17 bits per heavy atom. The molecule has 0 bridgehead atoms. The summed E-state index contributed by atoms with van der Waals surface area (Å²) in [6.07, 6.45) is 1.66. The number of allylic oxidation sites excluding steroid dienone is 1. The van der Waals surface area contributed by atoms with Crippen LogP contribution < -0.4 is 19.5 Å². The first-order valence-corrected chi connectivity index (χ1v) is 9.66. The molecule has 2 N–H and O–H groups in total. The quantitative estimate of drug-likeness (QED) is 0.649. The Hall–Kier alpha value is -3.32. The van der Waals surface area contributed by atoms with Gasteiger partial charge in [0.1, 0.15) is 17.2 Å². The fourth-order valence-electron chi connectivity index (χ4n) is 2.93. The number of carbonyl (C=O) groups excluding carboxylic acids is 2. The van der Waals surface area contributed by atoms with Gasteiger partial charge in [0.25, 0.3) is 5.91 Å². The standard InChI is InChI=1S/C23H25NO6/c1-14(2)19(12-25)24-22(26)13-29-17-8-9-18-20(11-17)30-21(23(18)27)10-15-4-6-16(28-3)7-5-15/h4-11,14,19,25H,12-13H2,1-3H3,(H,24,26). The summed E-state index contributed by atoms with van der Waals surface area (Å²) in [5.74, 6) is 1.29. The third kappa shape index (κ3) is 4.99. The third-order valence-electron chi connectivity index (χ3n) is 4.77. The Kier molecular flexibility index (Phi) is 6.74. The topological polar surface area (TPSA) is 94.1 Å². The Morgan fingerprint density at radius 3 is 2.50 bits per heavy atom. The van der Waals surface area contributed by atoms with Crippen molar-refractivity contribution in [3.63, 3.8) is 0 Å². The molecule has 0 saturated carbocycles. The Balaban J connectivity index is 1.65. The highest BCUT2D eigenvalue weighted by Gasteiger charge is 2.28. The number of hydrogen-bond donors (Lipinski definition) is 2. The molecular formula is C23H25NO6. The first kappa shape index (κ1) is 21.4. The number of aliphatic hydroxyl groups is 1. The second kappa shape index (κ2) is 9.45. The lowest BCUT2D eigenvalue weighted by atomic mass is 10.1. The van der Waals surface area contributed by atoms with E-state index in [4.69, 9.17) is 14.2 Å². The molecule has 0 saturated heterocycles. The maximum atomic E-state index is 12.6. The van der Waals surface area contributed by atoms with E-state index in [1.807, 2.05) is 26.0 Å². The monoisotopic (exact) mass is 411 g/mol. The minimum absolute atomic E-state index is 0.106. The summed E-state index contributed by atoms with van der Waals surface area (Å²) in [6.45, 7) is 3.48. The Morgan fingerprint density at radius 2 is 1.87 bits per heavy atom. The van der Waals surface area contributed by atoms with Crippen LogP contribution in [0.1, 0.15) is 29.8 Å². The van der Waals surface area contributed by atoms with Crippen molar-refractivity contribution in [2.24, 2.45) is 5.92 Å². The molecule has 1 heterocycles. The average Bonchev–Trinajstić information content (AvgIpc) is 3.05. The molecule has 1 aliphatic rings. The number of ether oxygens (including phenoxy) is 3. The molecule has 3 rings (SSSR count). The molecule has 2 aromatic rings. The maximum Gasteiger partial charge on any atom is 0.258 e. The van der Waals surface area contributed by atoms with E-state index in [9.17, 15) is 14.7 Å². The number of hydrogen-bond acceptors (Lipinski definition) is 6. The van der Waals surface area contributed by atoms with E-state index in [2.05, 4.69) is 5.32 Å². The van der Waals surface area contributed by atoms with Crippen molar-refractivity contribution in [3.8, 4) is 17.2 Å². The van der Waals surface area contributed by atoms with Gasteiger partial charge in [-0.05, 0) is 41.8 Å². The molecule has 1 atom stereocenters. The lowest BCUT2D eigenvalue weighted by Crippen LogP contribution is -2.43. The van der Waals surface area contributed by atoms with E-state index in [0.717, 1.165) is 11.3 Å². The average molecular weight is 411 g/mol. The van der Waals surface area contributed by atoms with Gasteiger partial charge < -0.3 is 24.6 Å². The van der Waals surface area contributed by atoms with Gasteiger partial charge in [-0.3, -0.25) is 9.59 Å². The first-order valence-electron chi connectivity index (χ1n) is 9.66. The van der Waals surface area contributed by atoms with Crippen molar-refractivity contribution in [1.82, 2.24) is 5.32 Å². The highest BCUT2D eigenvalue weighted by Crippen LogP contribution is 2.35. The lowest BCUT2D eigenvalue weighted by molar-refractivity contribution is -0.124. The van der Waals surface area contributed by atoms with Crippen LogP contribution in [0.5, 0.6) is 17.2 Å². The van der Waals surface area contributed by atoms with E-state index in [1.54, 1.807) is 43.5 Å². The molecule has 30 heavy (non-hydrogen) atoms. The highest BCUT2D eigenvalue weighted by atomic mass is 16.5. The second-order valence-corrected chi connectivity index (χ2v) is 7.26. The SMILES string of the molecule is COc1ccc(C=C2Oc3cc(OCC(=O)NC(CO)C(C)C)ccc3C2=O)cc1. The highest BCUT2D eigenvalue weighted by molar-refractivity contribution is 6.14. The summed E-state index contributed by atoms with van der Waals surface area (Å²) in [5.41, 5.74) is 1.25. The molecule has 1 amide bonds. The smallest absolute Gasteiger partial charge is 0.258 e. The molecular weight excluding hydrogens is 386 g/mol. The van der Waals surface area contributed by atoms with Gasteiger partial charge in [0, 0.05) is 6.07 Å². The van der Waals surface area contributed by atoms with E-state index < -0.39 is 0 Å². The maximum absolute atomic E-state index is 12.6. The number of aliphatic hydroxyl groups excluding tert-OH is 1. The van der Waals surface area contributed by atoms with Crippen LogP contribution in [0.4, 0.5) is 0 Å². The molecule has 0 fully saturated rings. The molecule has 1 unspecified atom stereocenters. The minimum atomic E-state index is -0.333. The van der Waals surface area contributed by atoms with Gasteiger partial charge in [0.15, 0.2) is 12.4 Å². The van der Waals surface area contributed by atoms with Crippen molar-refractivity contribution in [2.75, 3.05) is 20.3 Å². The molecule has 0 spiro atoms. The van der Waals surface area contributed by atoms with Crippen molar-refractivity contribution >= 4 is 17.8 Å². The molecule has 7 heteroatoms. The zero-order valence-electron chi connectivity index (χ0n) is 17.2. The van der Waals surface area contributed by atoms with Crippen LogP contribution in [0.2, 0.25) is 0 Å².